The lowest BCUT2D eigenvalue weighted by Gasteiger charge is -2.29. The maximum atomic E-state index is 2.55. The standard InChI is InChI=1S/C36H26N2/c1-3-11-25(12-4-1)26-19-21-28(22-20-26)37-33-18-10-8-16-31(33)35-34(37)24-23-30-29-15-7-9-17-32(29)38(36(30)35)27-13-5-2-6-14-27/h1-23,34H,24H2. The fourth-order valence-electron chi connectivity index (χ4n) is 6.47. The molecule has 180 valence electrons. The van der Waals surface area contributed by atoms with E-state index in [4.69, 9.17) is 0 Å². The minimum absolute atomic E-state index is 0.245. The Hall–Kier alpha value is -4.82. The Labute approximate surface area is 222 Å². The van der Waals surface area contributed by atoms with Gasteiger partial charge in [0.1, 0.15) is 0 Å². The van der Waals surface area contributed by atoms with Gasteiger partial charge in [0.25, 0.3) is 0 Å². The largest absolute Gasteiger partial charge is 0.333 e. The second kappa shape index (κ2) is 8.36. The summed E-state index contributed by atoms with van der Waals surface area (Å²) in [6.45, 7) is 0. The lowest BCUT2D eigenvalue weighted by atomic mass is 9.94. The molecule has 1 aromatic heterocycles. The number of hydrogen-bond acceptors (Lipinski definition) is 1. The van der Waals surface area contributed by atoms with Gasteiger partial charge in [-0.25, -0.2) is 0 Å². The highest BCUT2D eigenvalue weighted by Gasteiger charge is 2.37. The van der Waals surface area contributed by atoms with Crippen LogP contribution in [-0.2, 0) is 0 Å². The summed E-state index contributed by atoms with van der Waals surface area (Å²) in [5.74, 6) is 0. The first-order valence-corrected chi connectivity index (χ1v) is 13.3. The van der Waals surface area contributed by atoms with Gasteiger partial charge in [0.2, 0.25) is 0 Å². The number of nitrogens with zero attached hydrogens (tertiary/aromatic N) is 2. The van der Waals surface area contributed by atoms with Crippen molar-refractivity contribution in [2.75, 3.05) is 4.90 Å². The number of para-hydroxylation sites is 3. The van der Waals surface area contributed by atoms with Crippen molar-refractivity contribution >= 4 is 33.9 Å². The summed E-state index contributed by atoms with van der Waals surface area (Å²) in [6, 6.07) is 48.5. The fourth-order valence-corrected chi connectivity index (χ4v) is 6.47. The number of fused-ring (bicyclic) bond motifs is 6. The minimum atomic E-state index is 0.245. The zero-order chi connectivity index (χ0) is 25.1. The first-order valence-electron chi connectivity index (χ1n) is 13.3. The van der Waals surface area contributed by atoms with Gasteiger partial charge < -0.3 is 9.47 Å². The van der Waals surface area contributed by atoms with Crippen LogP contribution < -0.4 is 15.5 Å². The van der Waals surface area contributed by atoms with Crippen LogP contribution >= 0.6 is 0 Å². The maximum absolute atomic E-state index is 2.55. The van der Waals surface area contributed by atoms with Gasteiger partial charge in [-0.3, -0.25) is 0 Å². The zero-order valence-corrected chi connectivity index (χ0v) is 21.0. The van der Waals surface area contributed by atoms with Crippen LogP contribution in [-0.4, -0.2) is 10.6 Å². The Balaban J connectivity index is 1.39. The molecule has 0 fully saturated rings. The van der Waals surface area contributed by atoms with Crippen molar-refractivity contribution in [2.24, 2.45) is 0 Å². The molecule has 0 radical (unpaired) electrons. The summed E-state index contributed by atoms with van der Waals surface area (Å²) in [6.07, 6.45) is 3.43. The third kappa shape index (κ3) is 3.07. The molecule has 5 aromatic carbocycles. The van der Waals surface area contributed by atoms with Crippen molar-refractivity contribution in [3.8, 4) is 16.8 Å². The van der Waals surface area contributed by atoms with Crippen molar-refractivity contribution in [3.05, 3.63) is 150 Å². The predicted molar refractivity (Wildman–Crippen MR) is 158 cm³/mol. The van der Waals surface area contributed by atoms with Gasteiger partial charge in [0.05, 0.1) is 16.9 Å². The Morgan fingerprint density at radius 2 is 1.21 bits per heavy atom. The monoisotopic (exact) mass is 486 g/mol. The average molecular weight is 487 g/mol. The normalized spacial score (nSPS) is 15.6. The molecule has 0 saturated carbocycles. The molecule has 1 aliphatic carbocycles. The molecule has 38 heavy (non-hydrogen) atoms. The molecular weight excluding hydrogens is 460 g/mol. The van der Waals surface area contributed by atoms with E-state index in [0.29, 0.717) is 0 Å². The van der Waals surface area contributed by atoms with Gasteiger partial charge in [0, 0.05) is 38.8 Å². The van der Waals surface area contributed by atoms with Gasteiger partial charge >= 0.3 is 0 Å². The zero-order valence-electron chi connectivity index (χ0n) is 21.0. The molecule has 0 amide bonds. The van der Waals surface area contributed by atoms with Gasteiger partial charge in [-0.1, -0.05) is 103 Å². The van der Waals surface area contributed by atoms with Crippen molar-refractivity contribution < 1.29 is 0 Å². The van der Waals surface area contributed by atoms with E-state index in [1.165, 1.54) is 60.8 Å². The molecule has 2 heteroatoms. The molecule has 2 aliphatic rings. The van der Waals surface area contributed by atoms with Gasteiger partial charge in [-0.15, -0.1) is 0 Å². The molecule has 0 N–H and O–H groups in total. The first kappa shape index (κ1) is 21.3. The van der Waals surface area contributed by atoms with Crippen molar-refractivity contribution in [1.29, 1.82) is 0 Å². The van der Waals surface area contributed by atoms with Crippen molar-refractivity contribution in [2.45, 2.75) is 12.5 Å². The second-order valence-corrected chi connectivity index (χ2v) is 10.1. The topological polar surface area (TPSA) is 8.17 Å². The van der Waals surface area contributed by atoms with E-state index in [1.807, 2.05) is 0 Å². The van der Waals surface area contributed by atoms with Crippen LogP contribution in [0.4, 0.5) is 11.4 Å². The van der Waals surface area contributed by atoms with E-state index in [9.17, 15) is 0 Å². The Bertz CT molecular complexity index is 1930. The van der Waals surface area contributed by atoms with Crippen LogP contribution in [0.25, 0.3) is 39.4 Å². The summed E-state index contributed by atoms with van der Waals surface area (Å²) in [4.78, 5) is 2.55. The van der Waals surface area contributed by atoms with Crippen LogP contribution in [0.1, 0.15) is 12.0 Å². The Morgan fingerprint density at radius 1 is 0.553 bits per heavy atom. The molecule has 0 bridgehead atoms. The number of anilines is 2. The molecule has 8 rings (SSSR count). The summed E-state index contributed by atoms with van der Waals surface area (Å²) in [5.41, 5.74) is 10.2. The summed E-state index contributed by atoms with van der Waals surface area (Å²) in [7, 11) is 0. The molecular formula is C36H26N2. The Kier molecular flexibility index (Phi) is 4.68. The summed E-state index contributed by atoms with van der Waals surface area (Å²) in [5, 5.41) is 4.00. The predicted octanol–water partition coefficient (Wildman–Crippen LogP) is 7.20. The SMILES string of the molecule is C1=c2c(n(-c3ccccc3)c3ccccc23)=C2c3ccccc3N(c3ccc(-c4ccccc4)cc3)C2C1. The molecule has 6 aromatic rings. The van der Waals surface area contributed by atoms with E-state index in [-0.39, 0.29) is 6.04 Å². The van der Waals surface area contributed by atoms with Crippen molar-refractivity contribution in [3.63, 3.8) is 0 Å². The molecule has 0 saturated heterocycles. The molecule has 1 unspecified atom stereocenters. The number of benzene rings is 5. The van der Waals surface area contributed by atoms with Gasteiger partial charge in [-0.2, -0.15) is 0 Å². The fraction of sp³-hybridized carbons (Fsp3) is 0.0556. The third-order valence-electron chi connectivity index (χ3n) is 8.08. The van der Waals surface area contributed by atoms with E-state index in [0.717, 1.165) is 6.42 Å². The highest BCUT2D eigenvalue weighted by molar-refractivity contribution is 5.96. The van der Waals surface area contributed by atoms with Gasteiger partial charge in [-0.05, 0) is 53.9 Å². The summed E-state index contributed by atoms with van der Waals surface area (Å²) < 4.78 is 2.47. The highest BCUT2D eigenvalue weighted by Crippen LogP contribution is 2.46. The van der Waals surface area contributed by atoms with Crippen LogP contribution in [0, 0.1) is 0 Å². The molecule has 0 spiro atoms. The lowest BCUT2D eigenvalue weighted by Crippen LogP contribution is -2.40. The number of hydrogen-bond donors (Lipinski definition) is 0. The summed E-state index contributed by atoms with van der Waals surface area (Å²) >= 11 is 0. The molecule has 2 heterocycles. The van der Waals surface area contributed by atoms with E-state index in [1.54, 1.807) is 0 Å². The van der Waals surface area contributed by atoms with Crippen LogP contribution in [0.2, 0.25) is 0 Å². The smallest absolute Gasteiger partial charge is 0.0654 e. The molecule has 1 aliphatic heterocycles. The van der Waals surface area contributed by atoms with Crippen LogP contribution in [0.5, 0.6) is 0 Å². The maximum Gasteiger partial charge on any atom is 0.0654 e. The average Bonchev–Trinajstić information content (AvgIpc) is 3.51. The number of rotatable bonds is 3. The van der Waals surface area contributed by atoms with E-state index < -0.39 is 0 Å². The quantitative estimate of drug-likeness (QED) is 0.257. The van der Waals surface area contributed by atoms with Crippen molar-refractivity contribution in [1.82, 2.24) is 4.57 Å². The first-order chi connectivity index (χ1) is 18.9. The number of aromatic nitrogens is 1. The van der Waals surface area contributed by atoms with Crippen LogP contribution in [0.3, 0.4) is 0 Å². The molecule has 2 nitrogen and oxygen atoms in total. The minimum Gasteiger partial charge on any atom is -0.333 e. The second-order valence-electron chi connectivity index (χ2n) is 10.1. The Morgan fingerprint density at radius 3 is 2.03 bits per heavy atom. The third-order valence-corrected chi connectivity index (χ3v) is 8.08. The lowest BCUT2D eigenvalue weighted by molar-refractivity contribution is 0.836. The highest BCUT2D eigenvalue weighted by atomic mass is 15.2. The van der Waals surface area contributed by atoms with E-state index in [2.05, 4.69) is 149 Å². The van der Waals surface area contributed by atoms with Crippen LogP contribution in [0.15, 0.2) is 133 Å². The van der Waals surface area contributed by atoms with Gasteiger partial charge in [0.15, 0.2) is 0 Å². The molecule has 1 atom stereocenters. The van der Waals surface area contributed by atoms with E-state index >= 15 is 0 Å².